The fourth-order valence-electron chi connectivity index (χ4n) is 2.55. The maximum Gasteiger partial charge on any atom is 0.224 e. The molecule has 5 nitrogen and oxygen atoms in total. The van der Waals surface area contributed by atoms with E-state index < -0.39 is 0 Å². The Kier molecular flexibility index (Phi) is 6.81. The average Bonchev–Trinajstić information content (AvgIpc) is 3.01. The van der Waals surface area contributed by atoms with E-state index in [0.717, 1.165) is 25.2 Å². The first-order valence-electron chi connectivity index (χ1n) is 8.17. The van der Waals surface area contributed by atoms with Crippen molar-refractivity contribution in [3.63, 3.8) is 0 Å². The lowest BCUT2D eigenvalue weighted by Gasteiger charge is -2.12. The second-order valence-corrected chi connectivity index (χ2v) is 5.80. The van der Waals surface area contributed by atoms with Crippen molar-refractivity contribution < 1.29 is 4.79 Å². The molecule has 1 aromatic carbocycles. The van der Waals surface area contributed by atoms with Gasteiger partial charge in [-0.3, -0.25) is 4.79 Å². The molecule has 2 aromatic rings. The van der Waals surface area contributed by atoms with Crippen LogP contribution in [0.1, 0.15) is 24.7 Å². The topological polar surface area (TPSA) is 59.0 Å². The van der Waals surface area contributed by atoms with E-state index in [1.54, 1.807) is 6.20 Å². The summed E-state index contributed by atoms with van der Waals surface area (Å²) in [6, 6.07) is 10.5. The number of hydrogen-bond acceptors (Lipinski definition) is 3. The van der Waals surface area contributed by atoms with Gasteiger partial charge in [0.1, 0.15) is 5.82 Å². The summed E-state index contributed by atoms with van der Waals surface area (Å²) >= 11 is 0. The van der Waals surface area contributed by atoms with E-state index in [-0.39, 0.29) is 11.8 Å². The Balaban J connectivity index is 1.79. The molecular weight excluding hydrogens is 288 g/mol. The normalized spacial score (nSPS) is 12.1. The third kappa shape index (κ3) is 5.53. The van der Waals surface area contributed by atoms with Crippen LogP contribution in [0.25, 0.3) is 0 Å². The number of nitrogens with zero attached hydrogens (tertiary/aromatic N) is 2. The van der Waals surface area contributed by atoms with Gasteiger partial charge in [-0.05, 0) is 25.5 Å². The molecule has 0 spiro atoms. The highest BCUT2D eigenvalue weighted by Crippen LogP contribution is 2.06. The molecule has 0 saturated carbocycles. The summed E-state index contributed by atoms with van der Waals surface area (Å²) in [5.74, 6) is 0.919. The van der Waals surface area contributed by atoms with Crippen molar-refractivity contribution in [1.82, 2.24) is 20.2 Å². The monoisotopic (exact) mass is 314 g/mol. The quantitative estimate of drug-likeness (QED) is 0.744. The van der Waals surface area contributed by atoms with Crippen LogP contribution in [-0.4, -0.2) is 29.1 Å². The standard InChI is InChI=1S/C18H26N4O/c1-15(13-19-2)18(23)21-14-17-20-10-12-22(17)11-6-9-16-7-4-3-5-8-16/h3-5,7-8,10,12,15,19H,6,9,11,13-14H2,1-2H3,(H,21,23). The first kappa shape index (κ1) is 17.2. The molecule has 2 N–H and O–H groups in total. The minimum absolute atomic E-state index is 0.0403. The molecule has 124 valence electrons. The van der Waals surface area contributed by atoms with Crippen LogP contribution in [0.5, 0.6) is 0 Å². The molecule has 0 radical (unpaired) electrons. The SMILES string of the molecule is CNCC(C)C(=O)NCc1nccn1CCCc1ccccc1. The molecule has 0 saturated heterocycles. The molecule has 0 aliphatic rings. The number of rotatable bonds is 9. The number of aryl methyl sites for hydroxylation is 2. The summed E-state index contributed by atoms with van der Waals surface area (Å²) in [5.41, 5.74) is 1.35. The van der Waals surface area contributed by atoms with E-state index in [0.29, 0.717) is 13.1 Å². The van der Waals surface area contributed by atoms with Crippen LogP contribution in [-0.2, 0) is 24.3 Å². The van der Waals surface area contributed by atoms with Crippen LogP contribution < -0.4 is 10.6 Å². The molecule has 1 aromatic heterocycles. The van der Waals surface area contributed by atoms with Crippen molar-refractivity contribution in [2.45, 2.75) is 32.9 Å². The molecule has 23 heavy (non-hydrogen) atoms. The molecule has 2 rings (SSSR count). The van der Waals surface area contributed by atoms with E-state index in [2.05, 4.69) is 44.5 Å². The van der Waals surface area contributed by atoms with Crippen LogP contribution in [0.15, 0.2) is 42.7 Å². The molecule has 0 fully saturated rings. The van der Waals surface area contributed by atoms with Crippen molar-refractivity contribution in [2.75, 3.05) is 13.6 Å². The number of hydrogen-bond donors (Lipinski definition) is 2. The lowest BCUT2D eigenvalue weighted by Crippen LogP contribution is -2.34. The Hall–Kier alpha value is -2.14. The molecule has 0 bridgehead atoms. The van der Waals surface area contributed by atoms with E-state index in [1.165, 1.54) is 5.56 Å². The molecule has 0 aliphatic heterocycles. The maximum atomic E-state index is 12.0. The average molecular weight is 314 g/mol. The highest BCUT2D eigenvalue weighted by atomic mass is 16.1. The molecule has 1 amide bonds. The zero-order chi connectivity index (χ0) is 16.5. The summed E-state index contributed by atoms with van der Waals surface area (Å²) in [5, 5.41) is 5.97. The first-order valence-corrected chi connectivity index (χ1v) is 8.17. The number of imidazole rings is 1. The molecule has 1 heterocycles. The fraction of sp³-hybridized carbons (Fsp3) is 0.444. The van der Waals surface area contributed by atoms with Gasteiger partial charge in [-0.2, -0.15) is 0 Å². The predicted octanol–water partition coefficient (Wildman–Crippen LogP) is 1.99. The Morgan fingerprint density at radius 3 is 2.83 bits per heavy atom. The third-order valence-corrected chi connectivity index (χ3v) is 3.89. The van der Waals surface area contributed by atoms with Gasteiger partial charge in [0.25, 0.3) is 0 Å². The van der Waals surface area contributed by atoms with Gasteiger partial charge in [-0.1, -0.05) is 37.3 Å². The number of nitrogens with one attached hydrogen (secondary N) is 2. The summed E-state index contributed by atoms with van der Waals surface area (Å²) in [6.45, 7) is 3.98. The Bertz CT molecular complexity index is 594. The predicted molar refractivity (Wildman–Crippen MR) is 91.9 cm³/mol. The molecule has 1 unspecified atom stereocenters. The number of amides is 1. The smallest absolute Gasteiger partial charge is 0.224 e. The van der Waals surface area contributed by atoms with E-state index in [9.17, 15) is 4.79 Å². The van der Waals surface area contributed by atoms with Crippen molar-refractivity contribution in [3.05, 3.63) is 54.1 Å². The van der Waals surface area contributed by atoms with Gasteiger partial charge < -0.3 is 15.2 Å². The summed E-state index contributed by atoms with van der Waals surface area (Å²) < 4.78 is 2.12. The Labute approximate surface area is 138 Å². The van der Waals surface area contributed by atoms with Crippen molar-refractivity contribution in [1.29, 1.82) is 0 Å². The maximum absolute atomic E-state index is 12.0. The molecular formula is C18H26N4O. The van der Waals surface area contributed by atoms with Gasteiger partial charge in [-0.15, -0.1) is 0 Å². The van der Waals surface area contributed by atoms with Crippen molar-refractivity contribution >= 4 is 5.91 Å². The van der Waals surface area contributed by atoms with Crippen LogP contribution in [0, 0.1) is 5.92 Å². The largest absolute Gasteiger partial charge is 0.349 e. The van der Waals surface area contributed by atoms with Gasteiger partial charge in [-0.25, -0.2) is 4.98 Å². The van der Waals surface area contributed by atoms with Gasteiger partial charge >= 0.3 is 0 Å². The van der Waals surface area contributed by atoms with Gasteiger partial charge in [0.15, 0.2) is 0 Å². The highest BCUT2D eigenvalue weighted by Gasteiger charge is 2.12. The number of carbonyl (C=O) groups is 1. The Morgan fingerprint density at radius 2 is 2.09 bits per heavy atom. The summed E-state index contributed by atoms with van der Waals surface area (Å²) in [4.78, 5) is 16.3. The lowest BCUT2D eigenvalue weighted by atomic mass is 10.1. The second kappa shape index (κ2) is 9.10. The van der Waals surface area contributed by atoms with Gasteiger partial charge in [0.2, 0.25) is 5.91 Å². The fourth-order valence-corrected chi connectivity index (χ4v) is 2.55. The zero-order valence-electron chi connectivity index (χ0n) is 14.0. The van der Waals surface area contributed by atoms with Crippen LogP contribution in [0.4, 0.5) is 0 Å². The first-order chi connectivity index (χ1) is 11.2. The number of carbonyl (C=O) groups excluding carboxylic acids is 1. The van der Waals surface area contributed by atoms with E-state index in [4.69, 9.17) is 0 Å². The van der Waals surface area contributed by atoms with Crippen molar-refractivity contribution in [3.8, 4) is 0 Å². The van der Waals surface area contributed by atoms with Crippen LogP contribution in [0.2, 0.25) is 0 Å². The second-order valence-electron chi connectivity index (χ2n) is 5.80. The Morgan fingerprint density at radius 1 is 1.30 bits per heavy atom. The summed E-state index contributed by atoms with van der Waals surface area (Å²) in [7, 11) is 1.85. The third-order valence-electron chi connectivity index (χ3n) is 3.89. The van der Waals surface area contributed by atoms with Gasteiger partial charge in [0, 0.05) is 31.4 Å². The molecule has 0 aliphatic carbocycles. The molecule has 5 heteroatoms. The minimum atomic E-state index is -0.0403. The summed E-state index contributed by atoms with van der Waals surface area (Å²) in [6.07, 6.45) is 5.87. The number of benzene rings is 1. The van der Waals surface area contributed by atoms with E-state index in [1.807, 2.05) is 26.2 Å². The number of aromatic nitrogens is 2. The van der Waals surface area contributed by atoms with Crippen LogP contribution in [0.3, 0.4) is 0 Å². The van der Waals surface area contributed by atoms with Gasteiger partial charge in [0.05, 0.1) is 6.54 Å². The minimum Gasteiger partial charge on any atom is -0.349 e. The van der Waals surface area contributed by atoms with Crippen molar-refractivity contribution in [2.24, 2.45) is 5.92 Å². The zero-order valence-corrected chi connectivity index (χ0v) is 14.0. The highest BCUT2D eigenvalue weighted by molar-refractivity contribution is 5.78. The lowest BCUT2D eigenvalue weighted by molar-refractivity contribution is -0.124. The van der Waals surface area contributed by atoms with E-state index >= 15 is 0 Å². The van der Waals surface area contributed by atoms with Crippen LogP contribution >= 0.6 is 0 Å². The molecule has 1 atom stereocenters.